The Bertz CT molecular complexity index is 644. The van der Waals surface area contributed by atoms with Crippen LogP contribution in [0.2, 0.25) is 0 Å². The van der Waals surface area contributed by atoms with Crippen LogP contribution in [0.15, 0.2) is 29.4 Å². The van der Waals surface area contributed by atoms with Crippen LogP contribution in [-0.4, -0.2) is 44.9 Å². The van der Waals surface area contributed by atoms with Gasteiger partial charge in [-0.15, -0.1) is 10.2 Å². The summed E-state index contributed by atoms with van der Waals surface area (Å²) in [5, 5.41) is 21.6. The molecule has 1 aromatic heterocycles. The van der Waals surface area contributed by atoms with E-state index in [1.165, 1.54) is 23.9 Å². The maximum Gasteiger partial charge on any atom is 0.191 e. The van der Waals surface area contributed by atoms with Crippen molar-refractivity contribution in [3.8, 4) is 0 Å². The lowest BCUT2D eigenvalue weighted by Crippen LogP contribution is -2.19. The monoisotopic (exact) mass is 352 g/mol. The second-order valence-electron chi connectivity index (χ2n) is 5.58. The zero-order valence-electron chi connectivity index (χ0n) is 13.3. The van der Waals surface area contributed by atoms with Crippen LogP contribution in [0.3, 0.4) is 0 Å². The van der Waals surface area contributed by atoms with Crippen LogP contribution in [0.1, 0.15) is 18.7 Å². The molecule has 1 saturated heterocycles. The summed E-state index contributed by atoms with van der Waals surface area (Å²) in [6, 6.07) is 6.22. The molecule has 3 rings (SSSR count). The van der Waals surface area contributed by atoms with Crippen molar-refractivity contribution in [3.05, 3.63) is 35.9 Å². The molecule has 2 heterocycles. The molecule has 0 radical (unpaired) electrons. The predicted molar refractivity (Wildman–Crippen MR) is 90.5 cm³/mol. The predicted octanol–water partition coefficient (Wildman–Crippen LogP) is 2.29. The van der Waals surface area contributed by atoms with Gasteiger partial charge in [0.05, 0.1) is 25.8 Å². The molecule has 0 aliphatic carbocycles. The summed E-state index contributed by atoms with van der Waals surface area (Å²) in [5.74, 6) is 1.12. The fourth-order valence-electron chi connectivity index (χ4n) is 2.62. The number of aliphatic hydroxyl groups excluding tert-OH is 1. The number of aromatic nitrogens is 3. The highest BCUT2D eigenvalue weighted by atomic mass is 32.2. The Morgan fingerprint density at radius 2 is 2.17 bits per heavy atom. The second-order valence-corrected chi connectivity index (χ2v) is 6.64. The first-order valence-electron chi connectivity index (χ1n) is 8.03. The van der Waals surface area contributed by atoms with Crippen LogP contribution in [0.4, 0.5) is 10.1 Å². The summed E-state index contributed by atoms with van der Waals surface area (Å²) in [5.41, 5.74) is 0.827. The second kappa shape index (κ2) is 8.46. The van der Waals surface area contributed by atoms with Crippen LogP contribution in [0.5, 0.6) is 0 Å². The minimum Gasteiger partial charge on any atom is -0.396 e. The molecule has 24 heavy (non-hydrogen) atoms. The normalized spacial score (nSPS) is 17.3. The van der Waals surface area contributed by atoms with Gasteiger partial charge in [0, 0.05) is 18.0 Å². The quantitative estimate of drug-likeness (QED) is 0.710. The Morgan fingerprint density at radius 1 is 1.33 bits per heavy atom. The van der Waals surface area contributed by atoms with Crippen LogP contribution >= 0.6 is 11.8 Å². The summed E-state index contributed by atoms with van der Waals surface area (Å²) in [4.78, 5) is 0. The largest absolute Gasteiger partial charge is 0.396 e. The fraction of sp³-hybridized carbons (Fsp3) is 0.500. The number of rotatable bonds is 8. The van der Waals surface area contributed by atoms with E-state index in [9.17, 15) is 4.39 Å². The molecule has 2 N–H and O–H groups in total. The number of thioether (sulfide) groups is 1. The average Bonchev–Trinajstić information content (AvgIpc) is 3.23. The Hall–Kier alpha value is -1.64. The van der Waals surface area contributed by atoms with Gasteiger partial charge in [0.15, 0.2) is 11.0 Å². The van der Waals surface area contributed by atoms with Crippen molar-refractivity contribution in [2.75, 3.05) is 24.3 Å². The lowest BCUT2D eigenvalue weighted by atomic mass is 10.2. The van der Waals surface area contributed by atoms with Crippen LogP contribution in [0, 0.1) is 5.82 Å². The van der Waals surface area contributed by atoms with E-state index < -0.39 is 0 Å². The van der Waals surface area contributed by atoms with Crippen molar-refractivity contribution < 1.29 is 14.2 Å². The van der Waals surface area contributed by atoms with Gasteiger partial charge in [-0.05, 0) is 37.1 Å². The maximum absolute atomic E-state index is 13.0. The summed E-state index contributed by atoms with van der Waals surface area (Å²) in [6.45, 7) is 2.10. The standard InChI is InChI=1S/C16H21FN4O2S/c17-12-3-5-13(6-4-12)18-10-15-19-20-16(24-9-7-22)21(15)11-14-2-1-8-23-14/h3-6,14,18,22H,1-2,7-11H2. The fourth-order valence-corrected chi connectivity index (χ4v) is 3.33. The van der Waals surface area contributed by atoms with Crippen molar-refractivity contribution in [2.24, 2.45) is 0 Å². The first-order valence-corrected chi connectivity index (χ1v) is 9.01. The third-order valence-corrected chi connectivity index (χ3v) is 4.77. The number of aliphatic hydroxyl groups is 1. The minimum atomic E-state index is -0.259. The molecule has 1 aliphatic heterocycles. The summed E-state index contributed by atoms with van der Waals surface area (Å²) in [7, 11) is 0. The van der Waals surface area contributed by atoms with E-state index in [4.69, 9.17) is 9.84 Å². The number of hydrogen-bond acceptors (Lipinski definition) is 6. The van der Waals surface area contributed by atoms with Gasteiger partial charge in [-0.3, -0.25) is 0 Å². The Labute approximate surface area is 144 Å². The molecular formula is C16H21FN4O2S. The van der Waals surface area contributed by atoms with E-state index in [1.54, 1.807) is 12.1 Å². The van der Waals surface area contributed by atoms with Gasteiger partial charge >= 0.3 is 0 Å². The third-order valence-electron chi connectivity index (χ3n) is 3.82. The zero-order chi connectivity index (χ0) is 16.8. The van der Waals surface area contributed by atoms with E-state index >= 15 is 0 Å². The van der Waals surface area contributed by atoms with Crippen molar-refractivity contribution in [2.45, 2.75) is 37.2 Å². The summed E-state index contributed by atoms with van der Waals surface area (Å²) >= 11 is 1.48. The highest BCUT2D eigenvalue weighted by Gasteiger charge is 2.20. The lowest BCUT2D eigenvalue weighted by molar-refractivity contribution is 0.0942. The molecule has 1 aromatic carbocycles. The Balaban J connectivity index is 1.70. The highest BCUT2D eigenvalue weighted by Crippen LogP contribution is 2.21. The topological polar surface area (TPSA) is 72.2 Å². The molecule has 0 spiro atoms. The molecule has 8 heteroatoms. The van der Waals surface area contributed by atoms with E-state index in [2.05, 4.69) is 15.5 Å². The smallest absolute Gasteiger partial charge is 0.191 e. The van der Waals surface area contributed by atoms with Gasteiger partial charge in [-0.25, -0.2) is 4.39 Å². The van der Waals surface area contributed by atoms with E-state index in [-0.39, 0.29) is 18.5 Å². The molecule has 1 fully saturated rings. The molecular weight excluding hydrogens is 331 g/mol. The van der Waals surface area contributed by atoms with E-state index in [0.29, 0.717) is 18.8 Å². The van der Waals surface area contributed by atoms with Crippen molar-refractivity contribution >= 4 is 17.4 Å². The number of nitrogens with zero attached hydrogens (tertiary/aromatic N) is 3. The summed E-state index contributed by atoms with van der Waals surface area (Å²) in [6.07, 6.45) is 2.29. The average molecular weight is 352 g/mol. The first-order chi connectivity index (χ1) is 11.8. The minimum absolute atomic E-state index is 0.0978. The molecule has 6 nitrogen and oxygen atoms in total. The molecule has 1 unspecified atom stereocenters. The Kier molecular flexibility index (Phi) is 6.06. The number of anilines is 1. The Morgan fingerprint density at radius 3 is 2.88 bits per heavy atom. The highest BCUT2D eigenvalue weighted by molar-refractivity contribution is 7.99. The van der Waals surface area contributed by atoms with E-state index in [1.807, 2.05) is 4.57 Å². The zero-order valence-corrected chi connectivity index (χ0v) is 14.1. The van der Waals surface area contributed by atoms with Gasteiger partial charge in [0.2, 0.25) is 0 Å². The van der Waals surface area contributed by atoms with Gasteiger partial charge in [-0.1, -0.05) is 11.8 Å². The van der Waals surface area contributed by atoms with Crippen molar-refractivity contribution in [1.29, 1.82) is 0 Å². The molecule has 1 aliphatic rings. The SMILES string of the molecule is OCCSc1nnc(CNc2ccc(F)cc2)n1CC1CCCO1. The summed E-state index contributed by atoms with van der Waals surface area (Å²) < 4.78 is 20.7. The number of benzene rings is 1. The number of halogens is 1. The molecule has 2 aromatic rings. The third kappa shape index (κ3) is 4.46. The van der Waals surface area contributed by atoms with Gasteiger partial charge in [0.1, 0.15) is 5.82 Å². The van der Waals surface area contributed by atoms with Crippen molar-refractivity contribution in [1.82, 2.24) is 14.8 Å². The van der Waals surface area contributed by atoms with Crippen LogP contribution in [-0.2, 0) is 17.8 Å². The number of nitrogens with one attached hydrogen (secondary N) is 1. The number of hydrogen-bond donors (Lipinski definition) is 2. The molecule has 130 valence electrons. The first kappa shape index (κ1) is 17.2. The number of ether oxygens (including phenoxy) is 1. The molecule has 0 bridgehead atoms. The van der Waals surface area contributed by atoms with Gasteiger partial charge in [0.25, 0.3) is 0 Å². The lowest BCUT2D eigenvalue weighted by Gasteiger charge is -2.15. The van der Waals surface area contributed by atoms with Crippen LogP contribution in [0.25, 0.3) is 0 Å². The van der Waals surface area contributed by atoms with Gasteiger partial charge in [-0.2, -0.15) is 0 Å². The van der Waals surface area contributed by atoms with Crippen molar-refractivity contribution in [3.63, 3.8) is 0 Å². The molecule has 0 amide bonds. The molecule has 0 saturated carbocycles. The van der Waals surface area contributed by atoms with E-state index in [0.717, 1.165) is 36.1 Å². The molecule has 1 atom stereocenters. The van der Waals surface area contributed by atoms with Gasteiger partial charge < -0.3 is 19.7 Å². The van der Waals surface area contributed by atoms with Crippen LogP contribution < -0.4 is 5.32 Å². The maximum atomic E-state index is 13.0.